The summed E-state index contributed by atoms with van der Waals surface area (Å²) >= 11 is 0. The van der Waals surface area contributed by atoms with Crippen molar-refractivity contribution in [3.05, 3.63) is 380 Å². The molecule has 7 aromatic heterocycles. The number of ether oxygens (including phenoxy) is 2. The molecule has 0 saturated carbocycles. The molecule has 0 amide bonds. The van der Waals surface area contributed by atoms with Crippen LogP contribution in [0.5, 0.6) is 11.5 Å². The van der Waals surface area contributed by atoms with Crippen LogP contribution in [0, 0.1) is 101 Å². The predicted molar refractivity (Wildman–Crippen MR) is 379 cm³/mol. The van der Waals surface area contributed by atoms with Crippen molar-refractivity contribution in [2.45, 2.75) is 13.8 Å². The van der Waals surface area contributed by atoms with Crippen molar-refractivity contribution in [1.82, 2.24) is 34.9 Å². The Morgan fingerprint density at radius 2 is 0.559 bits per heavy atom. The molecule has 7 aromatic carbocycles. The Hall–Kier alpha value is -9.40. The van der Waals surface area contributed by atoms with Crippen LogP contribution < -0.4 is 9.47 Å². The number of nitrogens with zero attached hydrogens (tertiary/aromatic N) is 7. The average molecular weight is 2570 g/mol. The number of carbonyl (C=O) groups excluding carboxylic acids is 1. The quantitative estimate of drug-likeness (QED) is 0.0604. The van der Waals surface area contributed by atoms with Gasteiger partial charge in [0.25, 0.3) is 0 Å². The number of carbonyl (C=O) groups is 1. The zero-order valence-electron chi connectivity index (χ0n) is 58.1. The number of aliphatic hydroxyl groups is 1. The number of hydrogen-bond acceptors (Lipinski definition) is 11. The third kappa shape index (κ3) is 35.7. The van der Waals surface area contributed by atoms with Crippen LogP contribution >= 0.6 is 0 Å². The van der Waals surface area contributed by atoms with Gasteiger partial charge in [-0.3, -0.25) is 48.7 Å². The van der Waals surface area contributed by atoms with Gasteiger partial charge >= 0.3 is 0 Å². The molecule has 1 N–H and O–H groups in total. The number of allylic oxidation sites excluding steroid dienone is 2. The van der Waals surface area contributed by atoms with Gasteiger partial charge in [-0.05, 0) is 108 Å². The molecule has 0 aliphatic carbocycles. The predicted octanol–water partition coefficient (Wildman–Crippen LogP) is 20.3. The molecule has 14 aromatic rings. The minimum Gasteiger partial charge on any atom is -0.512 e. The third-order valence-corrected chi connectivity index (χ3v) is 13.2. The van der Waals surface area contributed by atoms with Gasteiger partial charge in [-0.25, -0.2) is 0 Å². The van der Waals surface area contributed by atoms with Crippen LogP contribution in [0.15, 0.2) is 280 Å². The normalized spacial score (nSPS) is 9.59. The van der Waals surface area contributed by atoms with E-state index < -0.39 is 34.9 Å². The van der Waals surface area contributed by atoms with E-state index in [1.165, 1.54) is 81.8 Å². The number of aliphatic hydroxyl groups excluding tert-OH is 1. The van der Waals surface area contributed by atoms with E-state index in [-0.39, 0.29) is 172 Å². The molecule has 7 heterocycles. The van der Waals surface area contributed by atoms with E-state index in [4.69, 9.17) is 14.6 Å². The standard InChI is InChI=1S/C12H8F2NO.C12H9FNO.2C11H6F2N.3C11H7FN.C5H8O2.6Ir/c1-16-9-4-5-15-12(7-9)10-3-2-8(13)6-11(10)14;1-15-11-6-7-14-12(8-11)9-2-4-10(13)5-3-9;2*12-8-4-5-9(10(13)7-8)11-3-1-2-6-14-11;3*12-10-6-4-9(5-7-10)11-3-1-2-8-13-11;1-4(6)3-5(2)7;;;;;;/h2,4-7H,1H3;2,4-8H,1H3;2*1-4,6-7H;3*1-4,6-8H;3,6H,1-2H3;;;;;;/q7*-1;;;;;;;. The van der Waals surface area contributed by atoms with Crippen LogP contribution in [0.25, 0.3) is 78.8 Å². The van der Waals surface area contributed by atoms with Crippen LogP contribution in [-0.4, -0.2) is 60.0 Å². The molecule has 0 unspecified atom stereocenters. The summed E-state index contributed by atoms with van der Waals surface area (Å²) in [6, 6.07) is 75.6. The summed E-state index contributed by atoms with van der Waals surface area (Å²) in [7, 11) is 3.09. The summed E-state index contributed by atoms with van der Waals surface area (Å²) in [4.78, 5) is 38.4. The Labute approximate surface area is 716 Å². The van der Waals surface area contributed by atoms with Crippen molar-refractivity contribution in [2.75, 3.05) is 14.2 Å². The SMILES string of the molecule is CC(=O)C=C(C)O.COc1ccnc(-c2[c-]cc(F)cc2)c1.COc1ccnc(-c2[c-]cc(F)cc2F)c1.Fc1c[c-]c(-c2ccccn2)c(F)c1.Fc1c[c-]c(-c2ccccn2)c(F)c1.Fc1c[c-]c(-c2ccccn2)cc1.Fc1c[c-]c(-c2ccccn2)cc1.Fc1c[c-]c(-c2ccccn2)cc1.[Ir].[Ir].[Ir].[Ir].[Ir].[Ir]. The second-order valence-corrected chi connectivity index (χ2v) is 20.9. The van der Waals surface area contributed by atoms with Crippen LogP contribution in [0.4, 0.5) is 43.9 Å². The Kier molecular flexibility index (Phi) is 48.7. The molecule has 111 heavy (non-hydrogen) atoms. The van der Waals surface area contributed by atoms with E-state index >= 15 is 0 Å². The van der Waals surface area contributed by atoms with Gasteiger partial charge in [0.1, 0.15) is 11.5 Å². The molecule has 14 rings (SSSR count). The van der Waals surface area contributed by atoms with E-state index in [1.807, 2.05) is 54.6 Å². The second kappa shape index (κ2) is 54.3. The monoisotopic (exact) mass is 2580 g/mol. The van der Waals surface area contributed by atoms with Crippen molar-refractivity contribution in [1.29, 1.82) is 0 Å². The molecule has 0 aliphatic rings. The Morgan fingerprint density at radius 3 is 0.793 bits per heavy atom. The van der Waals surface area contributed by atoms with Crippen molar-refractivity contribution in [3.63, 3.8) is 0 Å². The number of hydrogen-bond donors (Lipinski definition) is 1. The van der Waals surface area contributed by atoms with Gasteiger partial charge in [0, 0.05) is 228 Å². The largest absolute Gasteiger partial charge is 0.512 e. The Balaban J connectivity index is 0.000000633. The van der Waals surface area contributed by atoms with Gasteiger partial charge < -0.3 is 49.5 Å². The number of rotatable bonds is 10. The number of benzene rings is 7. The summed E-state index contributed by atoms with van der Waals surface area (Å²) in [5.41, 5.74) is 8.06. The van der Waals surface area contributed by atoms with E-state index in [0.717, 1.165) is 81.5 Å². The van der Waals surface area contributed by atoms with Crippen molar-refractivity contribution in [2.24, 2.45) is 0 Å². The van der Waals surface area contributed by atoms with Gasteiger partial charge in [-0.1, -0.05) is 95.6 Å². The van der Waals surface area contributed by atoms with Crippen LogP contribution in [0.1, 0.15) is 13.8 Å². The van der Waals surface area contributed by atoms with E-state index in [9.17, 15) is 48.7 Å². The molecule has 0 spiro atoms. The van der Waals surface area contributed by atoms with Crippen LogP contribution in [0.3, 0.4) is 0 Å². The Bertz CT molecular complexity index is 4700. The maximum Gasteiger partial charge on any atom is 0.155 e. The number of aromatic nitrogens is 7. The van der Waals surface area contributed by atoms with Gasteiger partial charge in [-0.15, -0.1) is 156 Å². The molecule has 0 aliphatic heterocycles. The fourth-order valence-corrected chi connectivity index (χ4v) is 8.43. The van der Waals surface area contributed by atoms with Crippen LogP contribution in [-0.2, 0) is 125 Å². The molecule has 0 fully saturated rings. The number of pyridine rings is 7. The first-order valence-electron chi connectivity index (χ1n) is 31.0. The van der Waals surface area contributed by atoms with Gasteiger partial charge in [-0.2, -0.15) is 0 Å². The minimum absolute atomic E-state index is 0. The average Bonchev–Trinajstić information content (AvgIpc) is 0.815. The fraction of sp³-hybridized carbons (Fsp3) is 0.0476. The van der Waals surface area contributed by atoms with E-state index in [2.05, 4.69) is 77.4 Å². The molecule has 6 radical (unpaired) electrons. The summed E-state index contributed by atoms with van der Waals surface area (Å²) in [5, 5.41) is 8.36. The Morgan fingerprint density at radius 1 is 0.306 bits per heavy atom. The van der Waals surface area contributed by atoms with Gasteiger partial charge in [0.15, 0.2) is 5.78 Å². The maximum atomic E-state index is 13.4. The molecular weight excluding hydrogens is 2510 g/mol. The summed E-state index contributed by atoms with van der Waals surface area (Å²) in [6.07, 6.45) is 12.5. The summed E-state index contributed by atoms with van der Waals surface area (Å²) in [6.45, 7) is 2.85. The van der Waals surface area contributed by atoms with E-state index in [1.54, 1.807) is 129 Å². The molecular formula is C84H58F10Ir6N7O4-7. The zero-order valence-corrected chi connectivity index (χ0v) is 72.4. The number of ketones is 1. The number of halogens is 10. The van der Waals surface area contributed by atoms with Crippen molar-refractivity contribution >= 4 is 5.78 Å². The van der Waals surface area contributed by atoms with Crippen LogP contribution in [0.2, 0.25) is 0 Å². The molecule has 27 heteroatoms. The smallest absolute Gasteiger partial charge is 0.155 e. The molecule has 0 bridgehead atoms. The first-order valence-corrected chi connectivity index (χ1v) is 31.0. The summed E-state index contributed by atoms with van der Waals surface area (Å²) < 4.78 is 138. The first kappa shape index (κ1) is 99.6. The molecule has 11 nitrogen and oxygen atoms in total. The van der Waals surface area contributed by atoms with Gasteiger partial charge in [0.2, 0.25) is 0 Å². The minimum atomic E-state index is -0.694. The molecule has 0 atom stereocenters. The van der Waals surface area contributed by atoms with E-state index in [0.29, 0.717) is 28.5 Å². The maximum absolute atomic E-state index is 13.4. The molecule has 0 saturated heterocycles. The van der Waals surface area contributed by atoms with Gasteiger partial charge in [0.05, 0.1) is 20.0 Å². The first-order chi connectivity index (χ1) is 50.7. The van der Waals surface area contributed by atoms with Crippen molar-refractivity contribution in [3.8, 4) is 90.3 Å². The molecule has 584 valence electrons. The summed E-state index contributed by atoms with van der Waals surface area (Å²) in [5.74, 6) is -3.85. The third-order valence-electron chi connectivity index (χ3n) is 13.2. The number of methoxy groups -OCH3 is 2. The fourth-order valence-electron chi connectivity index (χ4n) is 8.43. The van der Waals surface area contributed by atoms with Crippen molar-refractivity contribution < 1.29 is 184 Å². The second-order valence-electron chi connectivity index (χ2n) is 20.9. The topological polar surface area (TPSA) is 146 Å². The zero-order chi connectivity index (χ0) is 75.3.